The second kappa shape index (κ2) is 6.56. The van der Waals surface area contributed by atoms with Crippen molar-refractivity contribution in [1.29, 1.82) is 0 Å². The normalized spacial score (nSPS) is 9.94. The Labute approximate surface area is 117 Å². The van der Waals surface area contributed by atoms with Crippen molar-refractivity contribution in [2.24, 2.45) is 5.73 Å². The Morgan fingerprint density at radius 1 is 1.56 bits per heavy atom. The van der Waals surface area contributed by atoms with Gasteiger partial charge in [0.05, 0.1) is 7.11 Å². The summed E-state index contributed by atoms with van der Waals surface area (Å²) in [7, 11) is 1.35. The van der Waals surface area contributed by atoms with Crippen LogP contribution in [-0.2, 0) is 9.53 Å². The molecule has 18 heavy (non-hydrogen) atoms. The number of thiocarbonyl (C=S) groups is 1. The molecular weight excluding hydrogens is 272 g/mol. The number of hydrogen-bond donors (Lipinski definition) is 1. The van der Waals surface area contributed by atoms with Crippen molar-refractivity contribution in [3.05, 3.63) is 28.8 Å². The molecule has 0 aliphatic rings. The minimum Gasteiger partial charge on any atom is -0.468 e. The van der Waals surface area contributed by atoms with Crippen LogP contribution in [0, 0.1) is 0 Å². The Morgan fingerprint density at radius 3 is 2.72 bits per heavy atom. The molecule has 0 aliphatic heterocycles. The maximum Gasteiger partial charge on any atom is 0.325 e. The number of anilines is 1. The topological polar surface area (TPSA) is 55.6 Å². The van der Waals surface area contributed by atoms with Gasteiger partial charge < -0.3 is 15.4 Å². The van der Waals surface area contributed by atoms with Crippen LogP contribution < -0.4 is 10.6 Å². The van der Waals surface area contributed by atoms with Crippen LogP contribution >= 0.6 is 23.8 Å². The fraction of sp³-hybridized carbons (Fsp3) is 0.333. The molecule has 1 aromatic carbocycles. The molecule has 1 rings (SSSR count). The zero-order chi connectivity index (χ0) is 13.7. The van der Waals surface area contributed by atoms with Crippen LogP contribution in [0.1, 0.15) is 12.5 Å². The molecule has 0 fully saturated rings. The quantitative estimate of drug-likeness (QED) is 0.662. The van der Waals surface area contributed by atoms with Crippen molar-refractivity contribution in [3.8, 4) is 0 Å². The lowest BCUT2D eigenvalue weighted by molar-refractivity contribution is -0.138. The molecule has 0 amide bonds. The van der Waals surface area contributed by atoms with Crippen molar-refractivity contribution >= 4 is 40.5 Å². The van der Waals surface area contributed by atoms with Crippen LogP contribution in [-0.4, -0.2) is 31.2 Å². The molecular formula is C12H15ClN2O2S. The van der Waals surface area contributed by atoms with Gasteiger partial charge in [-0.25, -0.2) is 0 Å². The van der Waals surface area contributed by atoms with Crippen LogP contribution in [0.4, 0.5) is 5.69 Å². The second-order valence-corrected chi connectivity index (χ2v) is 4.49. The first-order valence-electron chi connectivity index (χ1n) is 5.40. The molecule has 0 radical (unpaired) electrons. The summed E-state index contributed by atoms with van der Waals surface area (Å²) in [5.74, 6) is -0.319. The molecule has 0 spiro atoms. The van der Waals surface area contributed by atoms with E-state index in [9.17, 15) is 4.79 Å². The summed E-state index contributed by atoms with van der Waals surface area (Å²) in [4.78, 5) is 13.4. The van der Waals surface area contributed by atoms with Gasteiger partial charge in [-0.3, -0.25) is 4.79 Å². The predicted octanol–water partition coefficient (Wildman–Crippen LogP) is 1.97. The molecule has 0 bridgehead atoms. The minimum atomic E-state index is -0.319. The highest BCUT2D eigenvalue weighted by Gasteiger charge is 2.15. The van der Waals surface area contributed by atoms with E-state index in [1.807, 2.05) is 11.8 Å². The number of carbonyl (C=O) groups is 1. The fourth-order valence-corrected chi connectivity index (χ4v) is 1.90. The number of benzene rings is 1. The molecule has 0 aromatic heterocycles. The number of nitrogens with two attached hydrogens (primary N) is 1. The standard InChI is InChI=1S/C12H15ClN2O2S/c1-3-15(7-11(16)17-2)10-5-4-8(13)6-9(10)12(14)18/h4-6H,3,7H2,1-2H3,(H2,14,18). The molecule has 0 heterocycles. The van der Waals surface area contributed by atoms with E-state index in [-0.39, 0.29) is 17.5 Å². The van der Waals surface area contributed by atoms with Crippen LogP contribution in [0.2, 0.25) is 5.02 Å². The van der Waals surface area contributed by atoms with E-state index in [2.05, 4.69) is 4.74 Å². The highest BCUT2D eigenvalue weighted by Crippen LogP contribution is 2.24. The summed E-state index contributed by atoms with van der Waals surface area (Å²) in [5.41, 5.74) is 7.10. The van der Waals surface area contributed by atoms with E-state index >= 15 is 0 Å². The zero-order valence-electron chi connectivity index (χ0n) is 10.3. The van der Waals surface area contributed by atoms with Crippen molar-refractivity contribution in [3.63, 3.8) is 0 Å². The predicted molar refractivity (Wildman–Crippen MR) is 77.2 cm³/mol. The maximum atomic E-state index is 11.3. The number of esters is 1. The summed E-state index contributed by atoms with van der Waals surface area (Å²) >= 11 is 10.9. The summed E-state index contributed by atoms with van der Waals surface area (Å²) in [6.45, 7) is 2.71. The number of carbonyl (C=O) groups excluding carboxylic acids is 1. The van der Waals surface area contributed by atoms with Crippen LogP contribution in [0.3, 0.4) is 0 Å². The fourth-order valence-electron chi connectivity index (χ4n) is 1.57. The van der Waals surface area contributed by atoms with Crippen molar-refractivity contribution in [2.45, 2.75) is 6.92 Å². The van der Waals surface area contributed by atoms with E-state index in [0.29, 0.717) is 17.1 Å². The SMILES string of the molecule is CCN(CC(=O)OC)c1ccc(Cl)cc1C(N)=S. The summed E-state index contributed by atoms with van der Waals surface area (Å²) in [6, 6.07) is 5.22. The van der Waals surface area contributed by atoms with Gasteiger partial charge in [0.25, 0.3) is 0 Å². The third-order valence-electron chi connectivity index (χ3n) is 2.49. The average molecular weight is 287 g/mol. The Bertz CT molecular complexity index is 465. The zero-order valence-corrected chi connectivity index (χ0v) is 11.8. The van der Waals surface area contributed by atoms with E-state index in [1.54, 1.807) is 18.2 Å². The van der Waals surface area contributed by atoms with E-state index in [4.69, 9.17) is 29.6 Å². The molecule has 0 atom stereocenters. The van der Waals surface area contributed by atoms with Gasteiger partial charge in [-0.05, 0) is 25.1 Å². The Kier molecular flexibility index (Phi) is 5.37. The molecule has 0 saturated carbocycles. The number of nitrogens with zero attached hydrogens (tertiary/aromatic N) is 1. The van der Waals surface area contributed by atoms with Crippen molar-refractivity contribution < 1.29 is 9.53 Å². The monoisotopic (exact) mass is 286 g/mol. The number of ether oxygens (including phenoxy) is 1. The van der Waals surface area contributed by atoms with Crippen LogP contribution in [0.25, 0.3) is 0 Å². The summed E-state index contributed by atoms with van der Waals surface area (Å²) < 4.78 is 4.66. The molecule has 98 valence electrons. The smallest absolute Gasteiger partial charge is 0.325 e. The lowest BCUT2D eigenvalue weighted by Crippen LogP contribution is -2.32. The third kappa shape index (κ3) is 3.58. The van der Waals surface area contributed by atoms with Gasteiger partial charge in [-0.2, -0.15) is 0 Å². The van der Waals surface area contributed by atoms with Crippen LogP contribution in [0.15, 0.2) is 18.2 Å². The molecule has 0 unspecified atom stereocenters. The van der Waals surface area contributed by atoms with Gasteiger partial charge >= 0.3 is 5.97 Å². The first-order valence-corrected chi connectivity index (χ1v) is 6.19. The van der Waals surface area contributed by atoms with Gasteiger partial charge in [0, 0.05) is 22.8 Å². The number of hydrogen-bond acceptors (Lipinski definition) is 4. The van der Waals surface area contributed by atoms with E-state index in [0.717, 1.165) is 5.69 Å². The van der Waals surface area contributed by atoms with Gasteiger partial charge in [-0.15, -0.1) is 0 Å². The highest BCUT2D eigenvalue weighted by molar-refractivity contribution is 7.80. The number of methoxy groups -OCH3 is 1. The number of halogens is 1. The molecule has 0 aliphatic carbocycles. The number of rotatable bonds is 5. The minimum absolute atomic E-state index is 0.143. The van der Waals surface area contributed by atoms with Crippen LogP contribution in [0.5, 0.6) is 0 Å². The molecule has 2 N–H and O–H groups in total. The Hall–Kier alpha value is -1.33. The summed E-state index contributed by atoms with van der Waals surface area (Å²) in [5, 5.41) is 0.552. The first-order chi connectivity index (χ1) is 8.49. The highest BCUT2D eigenvalue weighted by atomic mass is 35.5. The van der Waals surface area contributed by atoms with Crippen molar-refractivity contribution in [2.75, 3.05) is 25.1 Å². The van der Waals surface area contributed by atoms with Gasteiger partial charge in [0.1, 0.15) is 11.5 Å². The first kappa shape index (κ1) is 14.7. The molecule has 0 saturated heterocycles. The Balaban J connectivity index is 3.12. The molecule has 6 heteroatoms. The Morgan fingerprint density at radius 2 is 2.22 bits per heavy atom. The molecule has 4 nitrogen and oxygen atoms in total. The van der Waals surface area contributed by atoms with Gasteiger partial charge in [0.2, 0.25) is 0 Å². The molecule has 1 aromatic rings. The largest absolute Gasteiger partial charge is 0.468 e. The van der Waals surface area contributed by atoms with E-state index in [1.165, 1.54) is 7.11 Å². The second-order valence-electron chi connectivity index (χ2n) is 3.62. The van der Waals surface area contributed by atoms with Crippen molar-refractivity contribution in [1.82, 2.24) is 0 Å². The van der Waals surface area contributed by atoms with Gasteiger partial charge in [0.15, 0.2) is 0 Å². The van der Waals surface area contributed by atoms with E-state index < -0.39 is 0 Å². The lowest BCUT2D eigenvalue weighted by Gasteiger charge is -2.24. The average Bonchev–Trinajstić information content (AvgIpc) is 2.35. The lowest BCUT2D eigenvalue weighted by atomic mass is 10.1. The van der Waals surface area contributed by atoms with Gasteiger partial charge in [-0.1, -0.05) is 23.8 Å². The third-order valence-corrected chi connectivity index (χ3v) is 2.95. The maximum absolute atomic E-state index is 11.3. The number of likely N-dealkylation sites (N-methyl/N-ethyl adjacent to an activating group) is 1. The summed E-state index contributed by atoms with van der Waals surface area (Å²) in [6.07, 6.45) is 0.